The van der Waals surface area contributed by atoms with Gasteiger partial charge >= 0.3 is 0 Å². The fourth-order valence-electron chi connectivity index (χ4n) is 2.47. The lowest BCUT2D eigenvalue weighted by atomic mass is 10.2. The number of aryl methyl sites for hydroxylation is 2. The topological polar surface area (TPSA) is 85.1 Å². The van der Waals surface area contributed by atoms with Crippen LogP contribution in [0.5, 0.6) is 0 Å². The number of nitrogens with one attached hydrogen (secondary N) is 1. The number of furan rings is 1. The lowest BCUT2D eigenvalue weighted by molar-refractivity contribution is 0.479. The third kappa shape index (κ3) is 2.96. The number of nitrogens with zero attached hydrogens (tertiary/aromatic N) is 2. The van der Waals surface area contributed by atoms with Crippen LogP contribution >= 0.6 is 0 Å². The van der Waals surface area contributed by atoms with Gasteiger partial charge < -0.3 is 4.42 Å². The van der Waals surface area contributed by atoms with E-state index in [4.69, 9.17) is 4.42 Å². The van der Waals surface area contributed by atoms with Gasteiger partial charge in [-0.2, -0.15) is 8.42 Å². The van der Waals surface area contributed by atoms with Gasteiger partial charge in [0.1, 0.15) is 11.4 Å². The molecule has 0 spiro atoms. The molecule has 24 heavy (non-hydrogen) atoms. The van der Waals surface area contributed by atoms with Crippen LogP contribution in [0.3, 0.4) is 0 Å². The van der Waals surface area contributed by atoms with E-state index in [1.54, 1.807) is 6.92 Å². The largest absolute Gasteiger partial charge is 0.442 e. The number of halogens is 1. The number of fused-ring (bicyclic) bond motifs is 1. The fraction of sp³-hybridized carbons (Fsp3) is 0.250. The Kier molecular flexibility index (Phi) is 4.23. The molecule has 8 heteroatoms. The van der Waals surface area contributed by atoms with Crippen molar-refractivity contribution in [3.8, 4) is 0 Å². The van der Waals surface area contributed by atoms with Crippen LogP contribution in [0.15, 0.2) is 40.1 Å². The van der Waals surface area contributed by atoms with Crippen molar-refractivity contribution in [3.63, 3.8) is 0 Å². The molecular formula is C16H16FN3O3S. The first kappa shape index (κ1) is 16.4. The molecule has 0 fully saturated rings. The van der Waals surface area contributed by atoms with E-state index in [-0.39, 0.29) is 10.9 Å². The maximum atomic E-state index is 13.4. The third-order valence-electron chi connectivity index (χ3n) is 3.59. The van der Waals surface area contributed by atoms with Gasteiger partial charge in [0.25, 0.3) is 10.0 Å². The highest BCUT2D eigenvalue weighted by atomic mass is 32.2. The number of hydrogen-bond donors (Lipinski definition) is 1. The molecule has 0 aliphatic rings. The molecule has 0 radical (unpaired) electrons. The van der Waals surface area contributed by atoms with Crippen LogP contribution < -0.4 is 4.72 Å². The van der Waals surface area contributed by atoms with E-state index in [1.807, 2.05) is 6.92 Å². The van der Waals surface area contributed by atoms with E-state index in [0.29, 0.717) is 28.6 Å². The van der Waals surface area contributed by atoms with Gasteiger partial charge in [0.05, 0.1) is 5.69 Å². The monoisotopic (exact) mass is 349 g/mol. The summed E-state index contributed by atoms with van der Waals surface area (Å²) in [6.45, 7) is 3.54. The third-order valence-corrected chi connectivity index (χ3v) is 4.93. The molecule has 2 aromatic heterocycles. The normalized spacial score (nSPS) is 11.8. The van der Waals surface area contributed by atoms with Crippen molar-refractivity contribution in [2.45, 2.75) is 31.8 Å². The second kappa shape index (κ2) is 6.20. The van der Waals surface area contributed by atoms with Crippen LogP contribution in [0.1, 0.15) is 24.6 Å². The fourth-order valence-corrected chi connectivity index (χ4v) is 3.70. The highest BCUT2D eigenvalue weighted by molar-refractivity contribution is 7.92. The Hall–Kier alpha value is -2.48. The van der Waals surface area contributed by atoms with E-state index in [0.717, 1.165) is 6.42 Å². The average Bonchev–Trinajstić information content (AvgIpc) is 2.87. The predicted octanol–water partition coefficient (Wildman–Crippen LogP) is 3.42. The molecule has 0 saturated heterocycles. The first-order valence-electron chi connectivity index (χ1n) is 7.43. The summed E-state index contributed by atoms with van der Waals surface area (Å²) in [7, 11) is -4.00. The number of anilines is 1. The van der Waals surface area contributed by atoms with Gasteiger partial charge in [-0.1, -0.05) is 13.3 Å². The van der Waals surface area contributed by atoms with Gasteiger partial charge in [0.15, 0.2) is 5.82 Å². The van der Waals surface area contributed by atoms with E-state index < -0.39 is 15.8 Å². The Morgan fingerprint density at radius 1 is 1.25 bits per heavy atom. The molecule has 0 unspecified atom stereocenters. The van der Waals surface area contributed by atoms with E-state index in [9.17, 15) is 12.8 Å². The average molecular weight is 349 g/mol. The highest BCUT2D eigenvalue weighted by Gasteiger charge is 2.25. The van der Waals surface area contributed by atoms with Crippen molar-refractivity contribution >= 4 is 26.8 Å². The van der Waals surface area contributed by atoms with Gasteiger partial charge in [-0.15, -0.1) is 0 Å². The molecule has 2 heterocycles. The number of aromatic nitrogens is 2. The maximum absolute atomic E-state index is 13.4. The van der Waals surface area contributed by atoms with Crippen LogP contribution in [0.25, 0.3) is 11.0 Å². The Morgan fingerprint density at radius 2 is 2.00 bits per heavy atom. The number of benzene rings is 1. The molecule has 1 aromatic carbocycles. The highest BCUT2D eigenvalue weighted by Crippen LogP contribution is 2.30. The maximum Gasteiger partial charge on any atom is 0.296 e. The zero-order valence-electron chi connectivity index (χ0n) is 13.2. The summed E-state index contributed by atoms with van der Waals surface area (Å²) in [5, 5.41) is 0.166. The molecular weight excluding hydrogens is 333 g/mol. The molecule has 0 aliphatic heterocycles. The standard InChI is InChI=1S/C16H16FN3O3S/c1-3-4-13-15(19-8-7-18-13)20-24(21,22)16-10(2)12-9-11(17)5-6-14(12)23-16/h5-9H,3-4H2,1-2H3,(H,19,20). The number of sulfonamides is 1. The molecule has 0 aliphatic carbocycles. The lowest BCUT2D eigenvalue weighted by Gasteiger charge is -2.09. The predicted molar refractivity (Wildman–Crippen MR) is 87.7 cm³/mol. The van der Waals surface area contributed by atoms with Crippen molar-refractivity contribution in [2.24, 2.45) is 0 Å². The van der Waals surface area contributed by atoms with Crippen LogP contribution in [0, 0.1) is 12.7 Å². The van der Waals surface area contributed by atoms with Crippen molar-refractivity contribution in [2.75, 3.05) is 4.72 Å². The van der Waals surface area contributed by atoms with Gasteiger partial charge in [0.2, 0.25) is 5.09 Å². The molecule has 3 aromatic rings. The van der Waals surface area contributed by atoms with Crippen LogP contribution in [0.4, 0.5) is 10.2 Å². The van der Waals surface area contributed by atoms with Gasteiger partial charge in [-0.25, -0.2) is 9.37 Å². The zero-order valence-corrected chi connectivity index (χ0v) is 14.0. The first-order chi connectivity index (χ1) is 11.4. The summed E-state index contributed by atoms with van der Waals surface area (Å²) in [6, 6.07) is 3.87. The number of rotatable bonds is 5. The summed E-state index contributed by atoms with van der Waals surface area (Å²) >= 11 is 0. The SMILES string of the molecule is CCCc1nccnc1NS(=O)(=O)c1oc2ccc(F)cc2c1C. The van der Waals surface area contributed by atoms with Crippen molar-refractivity contribution < 1.29 is 17.2 Å². The summed E-state index contributed by atoms with van der Waals surface area (Å²) in [5.74, 6) is -0.284. The second-order valence-electron chi connectivity index (χ2n) is 5.36. The quantitative estimate of drug-likeness (QED) is 0.763. The Morgan fingerprint density at radius 3 is 2.75 bits per heavy atom. The number of hydrogen-bond acceptors (Lipinski definition) is 5. The van der Waals surface area contributed by atoms with Crippen molar-refractivity contribution in [3.05, 3.63) is 47.7 Å². The molecule has 0 saturated carbocycles. The van der Waals surface area contributed by atoms with Gasteiger partial charge in [-0.05, 0) is 31.5 Å². The first-order valence-corrected chi connectivity index (χ1v) is 8.92. The minimum atomic E-state index is -4.00. The van der Waals surface area contributed by atoms with Crippen molar-refractivity contribution in [1.82, 2.24) is 9.97 Å². The molecule has 126 valence electrons. The van der Waals surface area contributed by atoms with Crippen molar-refractivity contribution in [1.29, 1.82) is 0 Å². The van der Waals surface area contributed by atoms with E-state index >= 15 is 0 Å². The lowest BCUT2D eigenvalue weighted by Crippen LogP contribution is -2.16. The van der Waals surface area contributed by atoms with Crippen LogP contribution in [-0.2, 0) is 16.4 Å². The van der Waals surface area contributed by atoms with Gasteiger partial charge in [0, 0.05) is 23.3 Å². The molecule has 6 nitrogen and oxygen atoms in total. The summed E-state index contributed by atoms with van der Waals surface area (Å²) < 4.78 is 46.6. The molecule has 0 atom stereocenters. The van der Waals surface area contributed by atoms with E-state index in [2.05, 4.69) is 14.7 Å². The molecule has 0 bridgehead atoms. The smallest absolute Gasteiger partial charge is 0.296 e. The molecule has 1 N–H and O–H groups in total. The Labute approximate surface area is 138 Å². The Balaban J connectivity index is 2.04. The van der Waals surface area contributed by atoms with Gasteiger partial charge in [-0.3, -0.25) is 9.71 Å². The second-order valence-corrected chi connectivity index (χ2v) is 6.94. The molecule has 3 rings (SSSR count). The summed E-state index contributed by atoms with van der Waals surface area (Å²) in [4.78, 5) is 8.20. The minimum absolute atomic E-state index is 0.172. The summed E-state index contributed by atoms with van der Waals surface area (Å²) in [5.41, 5.74) is 1.21. The van der Waals surface area contributed by atoms with Crippen LogP contribution in [-0.4, -0.2) is 18.4 Å². The Bertz CT molecular complexity index is 999. The molecule has 0 amide bonds. The zero-order chi connectivity index (χ0) is 17.3. The minimum Gasteiger partial charge on any atom is -0.442 e. The van der Waals surface area contributed by atoms with Crippen LogP contribution in [0.2, 0.25) is 0 Å². The van der Waals surface area contributed by atoms with E-state index in [1.165, 1.54) is 30.6 Å². The summed E-state index contributed by atoms with van der Waals surface area (Å²) in [6.07, 6.45) is 4.32.